The van der Waals surface area contributed by atoms with E-state index in [1.165, 1.54) is 10.8 Å². The minimum atomic E-state index is 0.479. The van der Waals surface area contributed by atoms with Gasteiger partial charge in [0.1, 0.15) is 0 Å². The molecule has 0 saturated carbocycles. The zero-order valence-electron chi connectivity index (χ0n) is 36.7. The summed E-state index contributed by atoms with van der Waals surface area (Å²) in [4.78, 5) is 14.3. The van der Waals surface area contributed by atoms with Crippen LogP contribution in [0.1, 0.15) is 11.1 Å². The number of nitrogens with zero attached hydrogens (tertiary/aromatic N) is 8. The Balaban J connectivity index is 1.05. The first-order valence-corrected chi connectivity index (χ1v) is 22.5. The van der Waals surface area contributed by atoms with Crippen molar-refractivity contribution in [2.75, 3.05) is 0 Å². The third kappa shape index (κ3) is 6.20. The molecule has 9 aromatic carbocycles. The molecular formula is C61H34N8. The summed E-state index contributed by atoms with van der Waals surface area (Å²) in [6, 6.07) is 74.3. The van der Waals surface area contributed by atoms with Crippen molar-refractivity contribution >= 4 is 71.1 Å². The molecule has 8 nitrogen and oxygen atoms in total. The maximum Gasteiger partial charge on any atom is 0.211 e. The van der Waals surface area contributed by atoms with Crippen LogP contribution in [0.3, 0.4) is 0 Å². The minimum absolute atomic E-state index is 0.479. The molecule has 0 aliphatic carbocycles. The molecule has 0 bridgehead atoms. The fraction of sp³-hybridized carbons (Fsp3) is 0. The van der Waals surface area contributed by atoms with E-state index in [1.54, 1.807) is 0 Å². The molecule has 8 heteroatoms. The van der Waals surface area contributed by atoms with Crippen molar-refractivity contribution in [2.24, 2.45) is 0 Å². The van der Waals surface area contributed by atoms with Crippen LogP contribution in [0.15, 0.2) is 206 Å². The van der Waals surface area contributed by atoms with Crippen LogP contribution in [-0.2, 0) is 0 Å². The van der Waals surface area contributed by atoms with Gasteiger partial charge >= 0.3 is 0 Å². The Hall–Kier alpha value is -10.1. The zero-order chi connectivity index (χ0) is 46.2. The van der Waals surface area contributed by atoms with Crippen molar-refractivity contribution in [3.05, 3.63) is 229 Å². The van der Waals surface area contributed by atoms with Gasteiger partial charge in [-0.1, -0.05) is 103 Å². The molecule has 4 aromatic heterocycles. The molecule has 318 valence electrons. The van der Waals surface area contributed by atoms with Gasteiger partial charge in [0.25, 0.3) is 0 Å². The second kappa shape index (κ2) is 15.5. The average molecular weight is 879 g/mol. The summed E-state index contributed by atoms with van der Waals surface area (Å²) in [6.45, 7) is 8.67. The molecule has 4 heterocycles. The molecule has 0 aliphatic rings. The van der Waals surface area contributed by atoms with Gasteiger partial charge < -0.3 is 13.7 Å². The Morgan fingerprint density at radius 2 is 0.826 bits per heavy atom. The number of benzene rings is 9. The first kappa shape index (κ1) is 39.3. The van der Waals surface area contributed by atoms with Crippen LogP contribution in [0, 0.1) is 29.2 Å². The maximum atomic E-state index is 9.90. The first-order valence-electron chi connectivity index (χ1n) is 22.5. The monoisotopic (exact) mass is 878 g/mol. The SMILES string of the molecule is [C-]#[N+]c1cc(-c2cc(-c3ccccc3)nc(-c3ccccc3)n2)ccc1-n1c2ccc(-n3c4ccccc4c4ccccc43)cc2c2cc(-n3c4ccc(C#N)cc4c4cc(C#N)ccc43)ccc21. The number of aromatic nitrogens is 5. The first-order chi connectivity index (χ1) is 34.1. The van der Waals surface area contributed by atoms with Crippen LogP contribution in [-0.4, -0.2) is 23.7 Å². The highest BCUT2D eigenvalue weighted by Gasteiger charge is 2.21. The number of fused-ring (bicyclic) bond motifs is 9. The normalized spacial score (nSPS) is 11.4. The van der Waals surface area contributed by atoms with Gasteiger partial charge in [0, 0.05) is 54.8 Å². The van der Waals surface area contributed by atoms with Crippen LogP contribution in [0.2, 0.25) is 0 Å². The molecule has 0 unspecified atom stereocenters. The molecule has 0 aliphatic heterocycles. The summed E-state index contributed by atoms with van der Waals surface area (Å²) in [6.07, 6.45) is 0. The molecule has 13 rings (SSSR count). The fourth-order valence-corrected chi connectivity index (χ4v) is 10.2. The van der Waals surface area contributed by atoms with Crippen molar-refractivity contribution in [1.82, 2.24) is 23.7 Å². The predicted octanol–water partition coefficient (Wildman–Crippen LogP) is 15.1. The van der Waals surface area contributed by atoms with E-state index in [-0.39, 0.29) is 0 Å². The Kier molecular flexibility index (Phi) is 8.85. The van der Waals surface area contributed by atoms with Gasteiger partial charge in [-0.2, -0.15) is 10.5 Å². The second-order valence-corrected chi connectivity index (χ2v) is 17.1. The molecule has 0 fully saturated rings. The second-order valence-electron chi connectivity index (χ2n) is 17.1. The largest absolute Gasteiger partial charge is 0.319 e. The Morgan fingerprint density at radius 1 is 0.377 bits per heavy atom. The van der Waals surface area contributed by atoms with Gasteiger partial charge in [0.05, 0.1) is 80.0 Å². The Labute approximate surface area is 395 Å². The topological polar surface area (TPSA) is 92.5 Å². The molecule has 0 saturated heterocycles. The molecule has 0 radical (unpaired) electrons. The van der Waals surface area contributed by atoms with Gasteiger partial charge in [0.15, 0.2) is 5.82 Å². The molecular weight excluding hydrogens is 845 g/mol. The quantitative estimate of drug-likeness (QED) is 0.156. The lowest BCUT2D eigenvalue weighted by molar-refractivity contribution is 1.16. The van der Waals surface area contributed by atoms with Crippen LogP contribution >= 0.6 is 0 Å². The summed E-state index contributed by atoms with van der Waals surface area (Å²) in [5.41, 5.74) is 14.4. The van der Waals surface area contributed by atoms with E-state index in [0.717, 1.165) is 99.8 Å². The summed E-state index contributed by atoms with van der Waals surface area (Å²) in [5.74, 6) is 0.608. The lowest BCUT2D eigenvalue weighted by atomic mass is 10.1. The van der Waals surface area contributed by atoms with E-state index >= 15 is 0 Å². The van der Waals surface area contributed by atoms with E-state index < -0.39 is 0 Å². The highest BCUT2D eigenvalue weighted by Crippen LogP contribution is 2.42. The fourth-order valence-electron chi connectivity index (χ4n) is 10.2. The van der Waals surface area contributed by atoms with Gasteiger partial charge in [-0.15, -0.1) is 0 Å². The predicted molar refractivity (Wildman–Crippen MR) is 277 cm³/mol. The van der Waals surface area contributed by atoms with Crippen LogP contribution in [0.5, 0.6) is 0 Å². The van der Waals surface area contributed by atoms with Gasteiger partial charge in [0.2, 0.25) is 5.69 Å². The molecule has 0 spiro atoms. The molecule has 13 aromatic rings. The third-order valence-corrected chi connectivity index (χ3v) is 13.3. The number of rotatable bonds is 6. The van der Waals surface area contributed by atoms with Crippen LogP contribution < -0.4 is 0 Å². The number of para-hydroxylation sites is 2. The summed E-state index contributed by atoms with van der Waals surface area (Å²) < 4.78 is 6.75. The van der Waals surface area contributed by atoms with Gasteiger partial charge in [-0.3, -0.25) is 0 Å². The van der Waals surface area contributed by atoms with E-state index in [0.29, 0.717) is 22.6 Å². The summed E-state index contributed by atoms with van der Waals surface area (Å²) >= 11 is 0. The van der Waals surface area contributed by atoms with Crippen molar-refractivity contribution in [1.29, 1.82) is 10.5 Å². The maximum absolute atomic E-state index is 9.90. The smallest absolute Gasteiger partial charge is 0.211 e. The van der Waals surface area contributed by atoms with Crippen molar-refractivity contribution in [3.63, 3.8) is 0 Å². The van der Waals surface area contributed by atoms with Crippen LogP contribution in [0.25, 0.3) is 121 Å². The zero-order valence-corrected chi connectivity index (χ0v) is 36.7. The standard InChI is InChI=1S/C61H34N8/c1-64-53-32-42(52-35-51(40-12-4-2-5-13-40)65-61(66-52)41-14-6-3-7-15-41)22-27-60(53)69-58-28-23-43(67-54-18-10-8-16-45(54)46-17-9-11-19-55(46)67)33-49(58)50-34-44(24-29-59(50)69)68-56-25-20-38(36-62)30-47(56)48-31-39(37-63)21-26-57(48)68/h2-35H. The summed E-state index contributed by atoms with van der Waals surface area (Å²) in [5, 5.41) is 26.0. The van der Waals surface area contributed by atoms with Crippen molar-refractivity contribution < 1.29 is 0 Å². The van der Waals surface area contributed by atoms with Gasteiger partial charge in [-0.25, -0.2) is 14.8 Å². The Morgan fingerprint density at radius 3 is 1.36 bits per heavy atom. The molecule has 0 N–H and O–H groups in total. The van der Waals surface area contributed by atoms with Gasteiger partial charge in [-0.05, 0) is 109 Å². The van der Waals surface area contributed by atoms with E-state index in [9.17, 15) is 10.5 Å². The molecule has 0 atom stereocenters. The number of hydrogen-bond acceptors (Lipinski definition) is 4. The number of nitriles is 2. The van der Waals surface area contributed by atoms with Crippen LogP contribution in [0.4, 0.5) is 5.69 Å². The minimum Gasteiger partial charge on any atom is -0.319 e. The number of hydrogen-bond donors (Lipinski definition) is 0. The highest BCUT2D eigenvalue weighted by atomic mass is 15.0. The van der Waals surface area contributed by atoms with E-state index in [4.69, 9.17) is 16.5 Å². The molecule has 0 amide bonds. The van der Waals surface area contributed by atoms with Crippen molar-refractivity contribution in [2.45, 2.75) is 0 Å². The Bertz CT molecular complexity index is 4220. The highest BCUT2D eigenvalue weighted by molar-refractivity contribution is 6.14. The lowest BCUT2D eigenvalue weighted by Crippen LogP contribution is -1.98. The lowest BCUT2D eigenvalue weighted by Gasteiger charge is -2.14. The molecule has 69 heavy (non-hydrogen) atoms. The summed E-state index contributed by atoms with van der Waals surface area (Å²) in [7, 11) is 0. The third-order valence-electron chi connectivity index (χ3n) is 13.3. The van der Waals surface area contributed by atoms with Crippen molar-refractivity contribution in [3.8, 4) is 63.1 Å². The van der Waals surface area contributed by atoms with E-state index in [2.05, 4.69) is 122 Å². The van der Waals surface area contributed by atoms with E-state index in [1.807, 2.05) is 115 Å². The average Bonchev–Trinajstić information content (AvgIpc) is 4.05.